The fourth-order valence-electron chi connectivity index (χ4n) is 3.24. The van der Waals surface area contributed by atoms with E-state index in [1.807, 2.05) is 32.2 Å². The molecule has 2 atom stereocenters. The maximum atomic E-state index is 13.1. The van der Waals surface area contributed by atoms with Crippen LogP contribution in [0.2, 0.25) is 0 Å². The normalized spacial score (nSPS) is 19.3. The summed E-state index contributed by atoms with van der Waals surface area (Å²) in [5, 5.41) is 0. The predicted molar refractivity (Wildman–Crippen MR) is 112 cm³/mol. The Hall–Kier alpha value is -1.09. The highest BCUT2D eigenvalue weighted by atomic mass is 32.2. The number of thioether (sulfide) groups is 1. The summed E-state index contributed by atoms with van der Waals surface area (Å²) in [6.45, 7) is 3.24. The van der Waals surface area contributed by atoms with Crippen LogP contribution in [0.15, 0.2) is 29.2 Å². The van der Waals surface area contributed by atoms with Gasteiger partial charge in [0.2, 0.25) is 15.9 Å². The Morgan fingerprint density at radius 2 is 2.00 bits per heavy atom. The van der Waals surface area contributed by atoms with Crippen LogP contribution in [-0.4, -0.2) is 75.4 Å². The number of piperidine rings is 1. The van der Waals surface area contributed by atoms with E-state index in [0.717, 1.165) is 24.2 Å². The number of hydrogen-bond donors (Lipinski definition) is 1. The first-order valence-corrected chi connectivity index (χ1v) is 12.2. The quantitative estimate of drug-likeness (QED) is 0.705. The summed E-state index contributed by atoms with van der Waals surface area (Å²) in [4.78, 5) is 17.2. The minimum atomic E-state index is -3.74. The number of benzene rings is 1. The number of aryl methyl sites for hydroxylation is 1. The zero-order valence-electron chi connectivity index (χ0n) is 16.6. The average Bonchev–Trinajstić information content (AvgIpc) is 2.65. The van der Waals surface area contributed by atoms with Crippen molar-refractivity contribution < 1.29 is 13.2 Å². The second kappa shape index (κ2) is 9.91. The van der Waals surface area contributed by atoms with Gasteiger partial charge < -0.3 is 9.80 Å². The third-order valence-electron chi connectivity index (χ3n) is 4.98. The first-order chi connectivity index (χ1) is 12.7. The second-order valence-corrected chi connectivity index (χ2v) is 10.0. The lowest BCUT2D eigenvalue weighted by molar-refractivity contribution is -0.135. The summed E-state index contributed by atoms with van der Waals surface area (Å²) in [6, 6.07) is 6.27. The minimum absolute atomic E-state index is 0.119. The molecule has 6 nitrogen and oxygen atoms in total. The Balaban J connectivity index is 2.16. The van der Waals surface area contributed by atoms with Crippen molar-refractivity contribution in [2.45, 2.75) is 43.2 Å². The largest absolute Gasteiger partial charge is 0.340 e. The molecule has 1 amide bonds. The number of amides is 1. The summed E-state index contributed by atoms with van der Waals surface area (Å²) >= 11 is 1.61. The Kier molecular flexibility index (Phi) is 8.15. The van der Waals surface area contributed by atoms with Crippen molar-refractivity contribution in [3.63, 3.8) is 0 Å². The van der Waals surface area contributed by atoms with Crippen molar-refractivity contribution in [3.05, 3.63) is 29.8 Å². The first-order valence-electron chi connectivity index (χ1n) is 9.27. The van der Waals surface area contributed by atoms with Crippen LogP contribution in [0.5, 0.6) is 0 Å². The van der Waals surface area contributed by atoms with Crippen molar-refractivity contribution in [1.29, 1.82) is 0 Å². The number of rotatable bonds is 8. The van der Waals surface area contributed by atoms with Crippen LogP contribution in [0.3, 0.4) is 0 Å². The molecule has 2 unspecified atom stereocenters. The van der Waals surface area contributed by atoms with E-state index in [1.54, 1.807) is 36.0 Å². The van der Waals surface area contributed by atoms with Gasteiger partial charge in [-0.1, -0.05) is 17.7 Å². The van der Waals surface area contributed by atoms with Crippen molar-refractivity contribution in [2.24, 2.45) is 0 Å². The minimum Gasteiger partial charge on any atom is -0.340 e. The Morgan fingerprint density at radius 3 is 2.59 bits per heavy atom. The van der Waals surface area contributed by atoms with Crippen molar-refractivity contribution in [1.82, 2.24) is 14.5 Å². The molecule has 1 N–H and O–H groups in total. The van der Waals surface area contributed by atoms with Crippen LogP contribution >= 0.6 is 11.8 Å². The third kappa shape index (κ3) is 6.20. The van der Waals surface area contributed by atoms with Crippen molar-refractivity contribution in [2.75, 3.05) is 39.2 Å². The lowest BCUT2D eigenvalue weighted by Gasteiger charge is -2.37. The number of likely N-dealkylation sites (N-methyl/N-ethyl adjacent to an activating group) is 1. The molecule has 1 aromatic carbocycles. The van der Waals surface area contributed by atoms with E-state index in [-0.39, 0.29) is 10.8 Å². The molecule has 0 aliphatic carbocycles. The van der Waals surface area contributed by atoms with Crippen LogP contribution in [-0.2, 0) is 14.8 Å². The molecule has 1 aliphatic heterocycles. The molecule has 0 radical (unpaired) electrons. The Bertz CT molecular complexity index is 720. The van der Waals surface area contributed by atoms with Crippen LogP contribution in [0.25, 0.3) is 0 Å². The molecule has 1 fully saturated rings. The molecule has 1 aromatic rings. The molecule has 0 saturated carbocycles. The number of carbonyl (C=O) groups excluding carboxylic acids is 1. The highest BCUT2D eigenvalue weighted by molar-refractivity contribution is 7.98. The molecule has 8 heteroatoms. The van der Waals surface area contributed by atoms with E-state index in [9.17, 15) is 13.2 Å². The van der Waals surface area contributed by atoms with Gasteiger partial charge >= 0.3 is 0 Å². The number of carbonyl (C=O) groups is 1. The van der Waals surface area contributed by atoms with Gasteiger partial charge in [0.25, 0.3) is 0 Å². The molecule has 152 valence electrons. The van der Waals surface area contributed by atoms with Gasteiger partial charge in [0.05, 0.1) is 4.90 Å². The van der Waals surface area contributed by atoms with Gasteiger partial charge in [0.15, 0.2) is 0 Å². The monoisotopic (exact) mass is 413 g/mol. The Labute approximate surface area is 167 Å². The van der Waals surface area contributed by atoms with E-state index >= 15 is 0 Å². The lowest BCUT2D eigenvalue weighted by Crippen LogP contribution is -2.54. The van der Waals surface area contributed by atoms with Gasteiger partial charge in [0, 0.05) is 19.1 Å². The maximum absolute atomic E-state index is 13.1. The standard InChI is InChI=1S/C19H31N3O3S2/c1-15-7-9-17(10-8-15)27(24,25)20-18(11-13-26-4)19(23)22-12-5-6-16(14-22)21(2)3/h7-10,16,18,20H,5-6,11-14H2,1-4H3. The fraction of sp³-hybridized carbons (Fsp3) is 0.632. The van der Waals surface area contributed by atoms with Gasteiger partial charge in [0.1, 0.15) is 6.04 Å². The summed E-state index contributed by atoms with van der Waals surface area (Å²) < 4.78 is 28.2. The summed E-state index contributed by atoms with van der Waals surface area (Å²) in [6.07, 6.45) is 4.43. The van der Waals surface area contributed by atoms with Gasteiger partial charge in [-0.05, 0) is 64.4 Å². The van der Waals surface area contributed by atoms with Crippen LogP contribution in [0.4, 0.5) is 0 Å². The number of hydrogen-bond acceptors (Lipinski definition) is 5. The molecule has 1 saturated heterocycles. The van der Waals surface area contributed by atoms with Crippen molar-refractivity contribution in [3.8, 4) is 0 Å². The van der Waals surface area contributed by atoms with Gasteiger partial charge in [-0.15, -0.1) is 0 Å². The number of nitrogens with zero attached hydrogens (tertiary/aromatic N) is 2. The predicted octanol–water partition coefficient (Wildman–Crippen LogP) is 1.95. The molecule has 0 bridgehead atoms. The van der Waals surface area contributed by atoms with Crippen molar-refractivity contribution >= 4 is 27.7 Å². The van der Waals surface area contributed by atoms with E-state index < -0.39 is 16.1 Å². The Morgan fingerprint density at radius 1 is 1.33 bits per heavy atom. The summed E-state index contributed by atoms with van der Waals surface area (Å²) in [5.74, 6) is 0.601. The van der Waals surface area contributed by atoms with Crippen LogP contribution in [0, 0.1) is 6.92 Å². The lowest BCUT2D eigenvalue weighted by atomic mass is 10.0. The van der Waals surface area contributed by atoms with E-state index in [0.29, 0.717) is 25.6 Å². The number of nitrogens with one attached hydrogen (secondary N) is 1. The maximum Gasteiger partial charge on any atom is 0.241 e. The van der Waals surface area contributed by atoms with Crippen LogP contribution in [0.1, 0.15) is 24.8 Å². The fourth-order valence-corrected chi connectivity index (χ4v) is 4.93. The number of sulfonamides is 1. The molecule has 1 aliphatic rings. The van der Waals surface area contributed by atoms with Gasteiger partial charge in [-0.2, -0.15) is 16.5 Å². The molecule has 2 rings (SSSR count). The number of likely N-dealkylation sites (tertiary alicyclic amines) is 1. The van der Waals surface area contributed by atoms with E-state index in [1.165, 1.54) is 0 Å². The second-order valence-electron chi connectivity index (χ2n) is 7.31. The molecule has 27 heavy (non-hydrogen) atoms. The van der Waals surface area contributed by atoms with Gasteiger partial charge in [-0.25, -0.2) is 8.42 Å². The topological polar surface area (TPSA) is 69.7 Å². The highest BCUT2D eigenvalue weighted by Gasteiger charge is 2.32. The summed E-state index contributed by atoms with van der Waals surface area (Å²) in [5.41, 5.74) is 0.993. The highest BCUT2D eigenvalue weighted by Crippen LogP contribution is 2.18. The smallest absolute Gasteiger partial charge is 0.241 e. The third-order valence-corrected chi connectivity index (χ3v) is 7.11. The van der Waals surface area contributed by atoms with E-state index in [4.69, 9.17) is 0 Å². The molecule has 0 aromatic heterocycles. The van der Waals surface area contributed by atoms with E-state index in [2.05, 4.69) is 9.62 Å². The molecule has 1 heterocycles. The summed E-state index contributed by atoms with van der Waals surface area (Å²) in [7, 11) is 0.298. The zero-order chi connectivity index (χ0) is 20.0. The zero-order valence-corrected chi connectivity index (χ0v) is 18.3. The molecular formula is C19H31N3O3S2. The molecular weight excluding hydrogens is 382 g/mol. The SMILES string of the molecule is CSCCC(NS(=O)(=O)c1ccc(C)cc1)C(=O)N1CCCC(N(C)C)C1. The van der Waals surface area contributed by atoms with Crippen LogP contribution < -0.4 is 4.72 Å². The van der Waals surface area contributed by atoms with Gasteiger partial charge in [-0.3, -0.25) is 4.79 Å². The molecule has 0 spiro atoms. The first kappa shape index (κ1) is 22.2. The average molecular weight is 414 g/mol.